The molecule has 0 aliphatic heterocycles. The van der Waals surface area contributed by atoms with Gasteiger partial charge >= 0.3 is 0 Å². The summed E-state index contributed by atoms with van der Waals surface area (Å²) in [6.07, 6.45) is 0. The first kappa shape index (κ1) is 13.1. The number of methoxy groups -OCH3 is 1. The molecular weight excluding hydrogens is 259 g/mol. The summed E-state index contributed by atoms with van der Waals surface area (Å²) in [4.78, 5) is 0. The highest BCUT2D eigenvalue weighted by Gasteiger charge is 2.14. The molecule has 0 heterocycles. The summed E-state index contributed by atoms with van der Waals surface area (Å²) in [5.41, 5.74) is 5.57. The fraction of sp³-hybridized carbons (Fsp3) is 0.0769. The van der Waals surface area contributed by atoms with E-state index in [4.69, 9.17) is 15.2 Å². The quantitative estimate of drug-likeness (QED) is 0.867. The van der Waals surface area contributed by atoms with E-state index in [1.54, 1.807) is 0 Å². The zero-order valence-corrected chi connectivity index (χ0v) is 9.91. The molecule has 2 aromatic carbocycles. The van der Waals surface area contributed by atoms with Gasteiger partial charge in [-0.05, 0) is 12.1 Å². The van der Waals surface area contributed by atoms with E-state index in [-0.39, 0.29) is 17.2 Å². The van der Waals surface area contributed by atoms with Gasteiger partial charge in [-0.15, -0.1) is 0 Å². The van der Waals surface area contributed by atoms with Gasteiger partial charge in [-0.2, -0.15) is 4.39 Å². The van der Waals surface area contributed by atoms with Crippen LogP contribution in [-0.2, 0) is 0 Å². The second-order valence-corrected chi connectivity index (χ2v) is 3.68. The van der Waals surface area contributed by atoms with Crippen molar-refractivity contribution in [2.75, 3.05) is 12.8 Å². The van der Waals surface area contributed by atoms with Crippen molar-refractivity contribution in [3.05, 3.63) is 47.8 Å². The Morgan fingerprint density at radius 1 is 0.947 bits per heavy atom. The van der Waals surface area contributed by atoms with Crippen LogP contribution in [0.1, 0.15) is 0 Å². The van der Waals surface area contributed by atoms with Gasteiger partial charge in [0.2, 0.25) is 5.82 Å². The van der Waals surface area contributed by atoms with Crippen molar-refractivity contribution in [1.29, 1.82) is 0 Å². The van der Waals surface area contributed by atoms with Crippen LogP contribution >= 0.6 is 0 Å². The van der Waals surface area contributed by atoms with E-state index in [0.29, 0.717) is 0 Å². The minimum Gasteiger partial charge on any atom is -0.494 e. The zero-order chi connectivity index (χ0) is 14.0. The molecule has 19 heavy (non-hydrogen) atoms. The lowest BCUT2D eigenvalue weighted by Gasteiger charge is -2.11. The summed E-state index contributed by atoms with van der Waals surface area (Å²) in [5, 5.41) is 0. The Kier molecular flexibility index (Phi) is 3.50. The normalized spacial score (nSPS) is 10.3. The summed E-state index contributed by atoms with van der Waals surface area (Å²) in [6.45, 7) is 0. The summed E-state index contributed by atoms with van der Waals surface area (Å²) < 4.78 is 49.9. The average Bonchev–Trinajstić information content (AvgIpc) is 2.38. The van der Waals surface area contributed by atoms with Gasteiger partial charge in [0, 0.05) is 12.1 Å². The van der Waals surface area contributed by atoms with Crippen LogP contribution in [0.15, 0.2) is 30.3 Å². The third-order valence-corrected chi connectivity index (χ3v) is 2.42. The number of anilines is 1. The highest BCUT2D eigenvalue weighted by Crippen LogP contribution is 2.33. The highest BCUT2D eigenvalue weighted by molar-refractivity contribution is 5.56. The predicted octanol–water partition coefficient (Wildman–Crippen LogP) is 3.49. The SMILES string of the molecule is COc1cc(Oc2cccc(F)c2F)c(F)cc1N. The van der Waals surface area contributed by atoms with Crippen LogP contribution in [0.2, 0.25) is 0 Å². The van der Waals surface area contributed by atoms with E-state index < -0.39 is 23.2 Å². The number of halogens is 3. The maximum absolute atomic E-state index is 13.6. The van der Waals surface area contributed by atoms with E-state index in [9.17, 15) is 13.2 Å². The summed E-state index contributed by atoms with van der Waals surface area (Å²) in [7, 11) is 1.34. The molecule has 0 atom stereocenters. The van der Waals surface area contributed by atoms with Crippen LogP contribution in [0, 0.1) is 17.5 Å². The molecule has 0 fully saturated rings. The minimum atomic E-state index is -1.20. The van der Waals surface area contributed by atoms with Gasteiger partial charge in [0.05, 0.1) is 12.8 Å². The van der Waals surface area contributed by atoms with Crippen molar-refractivity contribution in [3.8, 4) is 17.2 Å². The number of benzene rings is 2. The van der Waals surface area contributed by atoms with Crippen LogP contribution in [0.4, 0.5) is 18.9 Å². The molecule has 0 amide bonds. The molecule has 2 N–H and O–H groups in total. The summed E-state index contributed by atoms with van der Waals surface area (Å²) >= 11 is 0. The zero-order valence-electron chi connectivity index (χ0n) is 9.91. The van der Waals surface area contributed by atoms with Gasteiger partial charge in [0.15, 0.2) is 23.1 Å². The van der Waals surface area contributed by atoms with Gasteiger partial charge in [-0.1, -0.05) is 6.07 Å². The molecule has 0 saturated heterocycles. The summed E-state index contributed by atoms with van der Waals surface area (Å²) in [5.74, 6) is -3.64. The molecule has 2 rings (SSSR count). The molecular formula is C13H10F3NO2. The Hall–Kier alpha value is -2.37. The number of hydrogen-bond donors (Lipinski definition) is 1. The minimum absolute atomic E-state index is 0.0760. The Morgan fingerprint density at radius 2 is 1.68 bits per heavy atom. The number of ether oxygens (including phenoxy) is 2. The van der Waals surface area contributed by atoms with Crippen LogP contribution in [0.25, 0.3) is 0 Å². The average molecular weight is 269 g/mol. The lowest BCUT2D eigenvalue weighted by molar-refractivity contribution is 0.385. The third kappa shape index (κ3) is 2.57. The van der Waals surface area contributed by atoms with Gasteiger partial charge in [-0.3, -0.25) is 0 Å². The molecule has 0 aromatic heterocycles. The van der Waals surface area contributed by atoms with Crippen molar-refractivity contribution in [2.24, 2.45) is 0 Å². The lowest BCUT2D eigenvalue weighted by Crippen LogP contribution is -1.97. The first-order valence-corrected chi connectivity index (χ1v) is 5.27. The fourth-order valence-electron chi connectivity index (χ4n) is 1.49. The molecule has 3 nitrogen and oxygen atoms in total. The Balaban J connectivity index is 2.41. The van der Waals surface area contributed by atoms with E-state index in [2.05, 4.69) is 0 Å². The first-order chi connectivity index (χ1) is 9.02. The third-order valence-electron chi connectivity index (χ3n) is 2.42. The standard InChI is InChI=1S/C13H10F3NO2/c1-18-12-6-11(8(15)5-9(12)17)19-10-4-2-3-7(14)13(10)16/h2-6H,17H2,1H3. The molecule has 0 saturated carbocycles. The fourth-order valence-corrected chi connectivity index (χ4v) is 1.49. The second-order valence-electron chi connectivity index (χ2n) is 3.68. The molecule has 0 aliphatic carbocycles. The molecule has 0 spiro atoms. The molecule has 6 heteroatoms. The van der Waals surface area contributed by atoms with Crippen molar-refractivity contribution in [1.82, 2.24) is 0 Å². The number of nitrogens with two attached hydrogens (primary N) is 1. The number of hydrogen-bond acceptors (Lipinski definition) is 3. The van der Waals surface area contributed by atoms with E-state index in [1.165, 1.54) is 19.2 Å². The number of rotatable bonds is 3. The Morgan fingerprint density at radius 3 is 2.37 bits per heavy atom. The topological polar surface area (TPSA) is 44.5 Å². The largest absolute Gasteiger partial charge is 0.494 e. The van der Waals surface area contributed by atoms with E-state index in [0.717, 1.165) is 18.2 Å². The first-order valence-electron chi connectivity index (χ1n) is 5.27. The van der Waals surface area contributed by atoms with Gasteiger partial charge in [0.1, 0.15) is 5.75 Å². The Labute approximate surface area is 107 Å². The van der Waals surface area contributed by atoms with Crippen molar-refractivity contribution < 1.29 is 22.6 Å². The molecule has 0 unspecified atom stereocenters. The lowest BCUT2D eigenvalue weighted by atomic mass is 10.2. The van der Waals surface area contributed by atoms with Crippen LogP contribution in [-0.4, -0.2) is 7.11 Å². The predicted molar refractivity (Wildman–Crippen MR) is 63.8 cm³/mol. The number of nitrogen functional groups attached to an aromatic ring is 1. The van der Waals surface area contributed by atoms with Crippen molar-refractivity contribution in [3.63, 3.8) is 0 Å². The maximum atomic E-state index is 13.6. The summed E-state index contributed by atoms with van der Waals surface area (Å²) in [6, 6.07) is 5.50. The monoisotopic (exact) mass is 269 g/mol. The maximum Gasteiger partial charge on any atom is 0.201 e. The second kappa shape index (κ2) is 5.09. The molecule has 0 bridgehead atoms. The van der Waals surface area contributed by atoms with Gasteiger partial charge < -0.3 is 15.2 Å². The van der Waals surface area contributed by atoms with Crippen LogP contribution in [0.5, 0.6) is 17.2 Å². The van der Waals surface area contributed by atoms with Gasteiger partial charge in [0.25, 0.3) is 0 Å². The van der Waals surface area contributed by atoms with E-state index in [1.807, 2.05) is 0 Å². The van der Waals surface area contributed by atoms with Crippen molar-refractivity contribution in [2.45, 2.75) is 0 Å². The highest BCUT2D eigenvalue weighted by atomic mass is 19.2. The van der Waals surface area contributed by atoms with Gasteiger partial charge in [-0.25, -0.2) is 8.78 Å². The molecule has 2 aromatic rings. The van der Waals surface area contributed by atoms with Crippen LogP contribution in [0.3, 0.4) is 0 Å². The van der Waals surface area contributed by atoms with Crippen LogP contribution < -0.4 is 15.2 Å². The van der Waals surface area contributed by atoms with Crippen molar-refractivity contribution >= 4 is 5.69 Å². The molecule has 0 radical (unpaired) electrons. The molecule has 100 valence electrons. The molecule has 0 aliphatic rings. The smallest absolute Gasteiger partial charge is 0.201 e. The van der Waals surface area contributed by atoms with E-state index >= 15 is 0 Å². The Bertz CT molecular complexity index is 617.